The number of carbonyl (C=O) groups is 1. The predicted octanol–water partition coefficient (Wildman–Crippen LogP) is 1.13. The van der Waals surface area contributed by atoms with Gasteiger partial charge in [0.1, 0.15) is 0 Å². The second-order valence-electron chi connectivity index (χ2n) is 5.47. The van der Waals surface area contributed by atoms with Crippen molar-refractivity contribution in [1.82, 2.24) is 10.2 Å². The van der Waals surface area contributed by atoms with Gasteiger partial charge in [-0.15, -0.1) is 0 Å². The topological polar surface area (TPSA) is 92.5 Å². The Morgan fingerprint density at radius 2 is 2.10 bits per heavy atom. The van der Waals surface area contributed by atoms with Crippen LogP contribution < -0.4 is 10.5 Å². The van der Waals surface area contributed by atoms with Gasteiger partial charge in [0, 0.05) is 13.1 Å². The molecule has 0 aromatic heterocycles. The SMILES string of the molecule is Cc1ccccc1[C@H](C)NC(=O)N1CC[C@@H](S(N)(=O)=O)C1. The highest BCUT2D eigenvalue weighted by molar-refractivity contribution is 7.89. The average molecular weight is 311 g/mol. The Morgan fingerprint density at radius 1 is 1.43 bits per heavy atom. The number of nitrogens with zero attached hydrogens (tertiary/aromatic N) is 1. The molecule has 1 heterocycles. The molecule has 2 atom stereocenters. The van der Waals surface area contributed by atoms with Gasteiger partial charge in [-0.05, 0) is 31.4 Å². The smallest absolute Gasteiger partial charge is 0.317 e. The summed E-state index contributed by atoms with van der Waals surface area (Å²) in [6, 6.07) is 7.45. The van der Waals surface area contributed by atoms with E-state index in [4.69, 9.17) is 5.14 Å². The van der Waals surface area contributed by atoms with Crippen LogP contribution in [0.3, 0.4) is 0 Å². The number of aryl methyl sites for hydroxylation is 1. The van der Waals surface area contributed by atoms with Crippen molar-refractivity contribution in [3.63, 3.8) is 0 Å². The van der Waals surface area contributed by atoms with Crippen LogP contribution in [0.25, 0.3) is 0 Å². The Kier molecular flexibility index (Phi) is 4.53. The maximum absolute atomic E-state index is 12.2. The van der Waals surface area contributed by atoms with E-state index in [1.807, 2.05) is 38.1 Å². The Bertz CT molecular complexity index is 630. The summed E-state index contributed by atoms with van der Waals surface area (Å²) < 4.78 is 22.6. The van der Waals surface area contributed by atoms with E-state index >= 15 is 0 Å². The summed E-state index contributed by atoms with van der Waals surface area (Å²) in [6.07, 6.45) is 0.394. The lowest BCUT2D eigenvalue weighted by atomic mass is 10.0. The van der Waals surface area contributed by atoms with E-state index in [1.165, 1.54) is 4.90 Å². The third-order valence-electron chi connectivity index (χ3n) is 3.89. The monoisotopic (exact) mass is 311 g/mol. The first-order valence-electron chi connectivity index (χ1n) is 6.91. The Balaban J connectivity index is 1.98. The molecule has 6 nitrogen and oxygen atoms in total. The molecule has 1 aromatic carbocycles. The van der Waals surface area contributed by atoms with Crippen LogP contribution in [0, 0.1) is 6.92 Å². The van der Waals surface area contributed by atoms with E-state index in [0.717, 1.165) is 11.1 Å². The number of rotatable bonds is 3. The van der Waals surface area contributed by atoms with Crippen molar-refractivity contribution in [3.05, 3.63) is 35.4 Å². The van der Waals surface area contributed by atoms with Crippen molar-refractivity contribution in [2.45, 2.75) is 31.6 Å². The second-order valence-corrected chi connectivity index (χ2v) is 7.32. The van der Waals surface area contributed by atoms with Gasteiger partial charge >= 0.3 is 6.03 Å². The normalized spacial score (nSPS) is 20.3. The average Bonchev–Trinajstić information content (AvgIpc) is 2.88. The summed E-state index contributed by atoms with van der Waals surface area (Å²) in [7, 11) is -3.58. The van der Waals surface area contributed by atoms with Crippen molar-refractivity contribution in [2.24, 2.45) is 5.14 Å². The number of amides is 2. The van der Waals surface area contributed by atoms with Gasteiger partial charge < -0.3 is 10.2 Å². The maximum atomic E-state index is 12.2. The number of benzene rings is 1. The van der Waals surface area contributed by atoms with Gasteiger partial charge in [-0.1, -0.05) is 24.3 Å². The molecule has 2 rings (SSSR count). The van der Waals surface area contributed by atoms with Crippen LogP contribution in [0.1, 0.15) is 30.5 Å². The zero-order valence-electron chi connectivity index (χ0n) is 12.2. The summed E-state index contributed by atoms with van der Waals surface area (Å²) in [5.41, 5.74) is 2.15. The Labute approximate surface area is 125 Å². The fraction of sp³-hybridized carbons (Fsp3) is 0.500. The van der Waals surface area contributed by atoms with Gasteiger partial charge in [0.2, 0.25) is 10.0 Å². The van der Waals surface area contributed by atoms with E-state index < -0.39 is 15.3 Å². The molecule has 0 aliphatic carbocycles. The molecule has 3 N–H and O–H groups in total. The fourth-order valence-corrected chi connectivity index (χ4v) is 3.43. The lowest BCUT2D eigenvalue weighted by Crippen LogP contribution is -2.41. The van der Waals surface area contributed by atoms with Crippen LogP contribution in [-0.2, 0) is 10.0 Å². The van der Waals surface area contributed by atoms with Crippen molar-refractivity contribution in [2.75, 3.05) is 13.1 Å². The van der Waals surface area contributed by atoms with Gasteiger partial charge in [0.15, 0.2) is 0 Å². The van der Waals surface area contributed by atoms with Gasteiger partial charge in [-0.25, -0.2) is 18.4 Å². The summed E-state index contributed by atoms with van der Waals surface area (Å²) in [5.74, 6) is 0. The molecule has 1 saturated heterocycles. The van der Waals surface area contributed by atoms with Crippen LogP contribution in [0.4, 0.5) is 4.79 Å². The molecule has 116 valence electrons. The van der Waals surface area contributed by atoms with Crippen molar-refractivity contribution in [3.8, 4) is 0 Å². The number of sulfonamides is 1. The molecule has 1 aromatic rings. The third-order valence-corrected chi connectivity index (χ3v) is 5.21. The molecular formula is C14H21N3O3S. The minimum Gasteiger partial charge on any atom is -0.331 e. The van der Waals surface area contributed by atoms with Gasteiger partial charge in [-0.3, -0.25) is 0 Å². The summed E-state index contributed by atoms with van der Waals surface area (Å²) in [5, 5.41) is 7.38. The van der Waals surface area contributed by atoms with E-state index in [2.05, 4.69) is 5.32 Å². The summed E-state index contributed by atoms with van der Waals surface area (Å²) >= 11 is 0. The zero-order valence-corrected chi connectivity index (χ0v) is 13.1. The number of carbonyl (C=O) groups excluding carboxylic acids is 1. The molecule has 1 fully saturated rings. The molecule has 0 unspecified atom stereocenters. The van der Waals surface area contributed by atoms with Crippen LogP contribution in [0.15, 0.2) is 24.3 Å². The van der Waals surface area contributed by atoms with Gasteiger partial charge in [-0.2, -0.15) is 0 Å². The van der Waals surface area contributed by atoms with E-state index in [9.17, 15) is 13.2 Å². The van der Waals surface area contributed by atoms with Crippen LogP contribution in [0.5, 0.6) is 0 Å². The molecule has 1 aliphatic heterocycles. The standard InChI is InChI=1S/C14H21N3O3S/c1-10-5-3-4-6-13(10)11(2)16-14(18)17-8-7-12(9-17)21(15,19)20/h3-6,11-12H,7-9H2,1-2H3,(H,16,18)(H2,15,19,20)/t11-,12+/m0/s1. The highest BCUT2D eigenvalue weighted by atomic mass is 32.2. The first-order chi connectivity index (χ1) is 9.79. The predicted molar refractivity (Wildman–Crippen MR) is 81.2 cm³/mol. The molecule has 2 amide bonds. The van der Waals surface area contributed by atoms with Crippen molar-refractivity contribution in [1.29, 1.82) is 0 Å². The number of likely N-dealkylation sites (tertiary alicyclic amines) is 1. The van der Waals surface area contributed by atoms with Crippen LogP contribution in [0.2, 0.25) is 0 Å². The molecule has 0 bridgehead atoms. The fourth-order valence-electron chi connectivity index (χ4n) is 2.61. The Morgan fingerprint density at radius 3 is 2.67 bits per heavy atom. The maximum Gasteiger partial charge on any atom is 0.317 e. The van der Waals surface area contributed by atoms with E-state index in [1.54, 1.807) is 0 Å². The number of hydrogen-bond donors (Lipinski definition) is 2. The van der Waals surface area contributed by atoms with E-state index in [-0.39, 0.29) is 18.6 Å². The molecule has 0 radical (unpaired) electrons. The third kappa shape index (κ3) is 3.74. The summed E-state index contributed by atoms with van der Waals surface area (Å²) in [6.45, 7) is 4.47. The highest BCUT2D eigenvalue weighted by Gasteiger charge is 2.33. The van der Waals surface area contributed by atoms with Crippen LogP contribution >= 0.6 is 0 Å². The lowest BCUT2D eigenvalue weighted by Gasteiger charge is -2.22. The zero-order chi connectivity index (χ0) is 15.6. The minimum atomic E-state index is -3.58. The molecule has 0 spiro atoms. The highest BCUT2D eigenvalue weighted by Crippen LogP contribution is 2.19. The minimum absolute atomic E-state index is 0.132. The van der Waals surface area contributed by atoms with Gasteiger partial charge in [0.25, 0.3) is 0 Å². The first-order valence-corrected chi connectivity index (χ1v) is 8.52. The quantitative estimate of drug-likeness (QED) is 0.876. The Hall–Kier alpha value is -1.60. The first kappa shape index (κ1) is 15.8. The molecule has 0 saturated carbocycles. The summed E-state index contributed by atoms with van der Waals surface area (Å²) in [4.78, 5) is 13.7. The second kappa shape index (κ2) is 6.03. The molecular weight excluding hydrogens is 290 g/mol. The van der Waals surface area contributed by atoms with E-state index in [0.29, 0.717) is 13.0 Å². The lowest BCUT2D eigenvalue weighted by molar-refractivity contribution is 0.205. The number of urea groups is 1. The van der Waals surface area contributed by atoms with Gasteiger partial charge in [0.05, 0.1) is 11.3 Å². The number of nitrogens with two attached hydrogens (primary N) is 1. The molecule has 1 aliphatic rings. The number of primary sulfonamides is 1. The van der Waals surface area contributed by atoms with Crippen molar-refractivity contribution >= 4 is 16.1 Å². The number of hydrogen-bond acceptors (Lipinski definition) is 3. The van der Waals surface area contributed by atoms with Crippen LogP contribution in [-0.4, -0.2) is 37.7 Å². The number of nitrogens with one attached hydrogen (secondary N) is 1. The molecule has 7 heteroatoms. The van der Waals surface area contributed by atoms with Crippen molar-refractivity contribution < 1.29 is 13.2 Å². The molecule has 21 heavy (non-hydrogen) atoms. The largest absolute Gasteiger partial charge is 0.331 e.